The zero-order valence-electron chi connectivity index (χ0n) is 10.7. The van der Waals surface area contributed by atoms with Crippen molar-refractivity contribution >= 4 is 0 Å². The smallest absolute Gasteiger partial charge is 0.0521 e. The van der Waals surface area contributed by atoms with E-state index in [9.17, 15) is 0 Å². The Morgan fingerprint density at radius 2 is 1.82 bits per heavy atom. The van der Waals surface area contributed by atoms with Crippen LogP contribution in [0.4, 0.5) is 0 Å². The van der Waals surface area contributed by atoms with Gasteiger partial charge >= 0.3 is 0 Å². The molecule has 1 aliphatic carbocycles. The van der Waals surface area contributed by atoms with E-state index >= 15 is 0 Å². The lowest BCUT2D eigenvalue weighted by Gasteiger charge is -2.38. The first-order chi connectivity index (χ1) is 8.33. The summed E-state index contributed by atoms with van der Waals surface area (Å²) in [6, 6.07) is 1.28. The van der Waals surface area contributed by atoms with Crippen LogP contribution >= 0.6 is 0 Å². The molecule has 4 heteroatoms. The van der Waals surface area contributed by atoms with E-state index in [0.717, 1.165) is 32.2 Å². The van der Waals surface area contributed by atoms with Gasteiger partial charge in [-0.15, -0.1) is 0 Å². The van der Waals surface area contributed by atoms with Crippen molar-refractivity contribution in [1.82, 2.24) is 9.80 Å². The summed E-state index contributed by atoms with van der Waals surface area (Å²) in [5.74, 6) is 0.552. The maximum Gasteiger partial charge on any atom is 0.0521 e. The minimum absolute atomic E-state index is 0.352. The number of hydrogen-bond acceptors (Lipinski definition) is 4. The van der Waals surface area contributed by atoms with Gasteiger partial charge < -0.3 is 15.4 Å². The average Bonchev–Trinajstić information content (AvgIpc) is 3.17. The molecule has 3 rings (SSSR count). The summed E-state index contributed by atoms with van der Waals surface area (Å²) < 4.78 is 5.55. The third-order valence-corrected chi connectivity index (χ3v) is 4.50. The van der Waals surface area contributed by atoms with Crippen molar-refractivity contribution in [2.75, 3.05) is 45.9 Å². The first-order valence-electron chi connectivity index (χ1n) is 7.12. The number of nitrogens with zero attached hydrogens (tertiary/aromatic N) is 2. The quantitative estimate of drug-likeness (QED) is 0.760. The highest BCUT2D eigenvalue weighted by Gasteiger charge is 2.32. The van der Waals surface area contributed by atoms with Crippen molar-refractivity contribution in [3.63, 3.8) is 0 Å². The molecule has 2 heterocycles. The predicted molar refractivity (Wildman–Crippen MR) is 67.9 cm³/mol. The number of ether oxygens (including phenoxy) is 1. The van der Waals surface area contributed by atoms with E-state index < -0.39 is 0 Å². The summed E-state index contributed by atoms with van der Waals surface area (Å²) in [5, 5.41) is 0. The normalized spacial score (nSPS) is 37.2. The molecule has 3 aliphatic rings. The van der Waals surface area contributed by atoms with Crippen LogP contribution in [0.1, 0.15) is 19.3 Å². The molecule has 0 spiro atoms. The average molecular weight is 239 g/mol. The second kappa shape index (κ2) is 5.22. The molecule has 0 aromatic rings. The molecule has 2 atom stereocenters. The van der Waals surface area contributed by atoms with Crippen LogP contribution < -0.4 is 5.73 Å². The lowest BCUT2D eigenvalue weighted by Crippen LogP contribution is -2.51. The minimum Gasteiger partial charge on any atom is -0.381 e. The molecule has 2 saturated heterocycles. The second-order valence-corrected chi connectivity index (χ2v) is 5.86. The van der Waals surface area contributed by atoms with Gasteiger partial charge in [-0.05, 0) is 19.3 Å². The summed E-state index contributed by atoms with van der Waals surface area (Å²) in [6.07, 6.45) is 3.90. The van der Waals surface area contributed by atoms with E-state index in [2.05, 4.69) is 9.80 Å². The Hall–Kier alpha value is -0.160. The van der Waals surface area contributed by atoms with Crippen molar-refractivity contribution in [3.8, 4) is 0 Å². The Morgan fingerprint density at radius 1 is 1.06 bits per heavy atom. The number of hydrogen-bond donors (Lipinski definition) is 1. The fraction of sp³-hybridized carbons (Fsp3) is 1.00. The molecule has 0 aromatic heterocycles. The topological polar surface area (TPSA) is 41.7 Å². The van der Waals surface area contributed by atoms with Gasteiger partial charge in [0, 0.05) is 57.3 Å². The highest BCUT2D eigenvalue weighted by molar-refractivity contribution is 4.88. The SMILES string of the molecule is NC1CCOCC1CN1CCN(C2CC2)CC1. The molecule has 1 saturated carbocycles. The first kappa shape index (κ1) is 11.9. The van der Waals surface area contributed by atoms with Gasteiger partial charge in [-0.3, -0.25) is 4.90 Å². The monoisotopic (exact) mass is 239 g/mol. The zero-order valence-corrected chi connectivity index (χ0v) is 10.7. The molecular formula is C13H25N3O. The third-order valence-electron chi connectivity index (χ3n) is 4.50. The molecule has 0 aromatic carbocycles. The number of rotatable bonds is 3. The first-order valence-corrected chi connectivity index (χ1v) is 7.12. The van der Waals surface area contributed by atoms with E-state index in [4.69, 9.17) is 10.5 Å². The molecule has 2 unspecified atom stereocenters. The van der Waals surface area contributed by atoms with E-state index in [1.54, 1.807) is 0 Å². The van der Waals surface area contributed by atoms with Gasteiger partial charge in [0.25, 0.3) is 0 Å². The molecule has 4 nitrogen and oxygen atoms in total. The highest BCUT2D eigenvalue weighted by atomic mass is 16.5. The van der Waals surface area contributed by atoms with Crippen LogP contribution in [0.3, 0.4) is 0 Å². The maximum absolute atomic E-state index is 6.16. The Kier molecular flexibility index (Phi) is 3.66. The fourth-order valence-corrected chi connectivity index (χ4v) is 3.08. The second-order valence-electron chi connectivity index (χ2n) is 5.86. The van der Waals surface area contributed by atoms with Crippen LogP contribution in [0.25, 0.3) is 0 Å². The van der Waals surface area contributed by atoms with Crippen LogP contribution in [0, 0.1) is 5.92 Å². The Morgan fingerprint density at radius 3 is 2.47 bits per heavy atom. The summed E-state index contributed by atoms with van der Waals surface area (Å²) in [5.41, 5.74) is 6.16. The lowest BCUT2D eigenvalue weighted by molar-refractivity contribution is 0.0168. The van der Waals surface area contributed by atoms with Crippen molar-refractivity contribution < 1.29 is 4.74 Å². The summed E-state index contributed by atoms with van der Waals surface area (Å²) in [4.78, 5) is 5.24. The van der Waals surface area contributed by atoms with E-state index in [0.29, 0.717) is 12.0 Å². The molecule has 2 N–H and O–H groups in total. The maximum atomic E-state index is 6.16. The molecular weight excluding hydrogens is 214 g/mol. The van der Waals surface area contributed by atoms with E-state index in [1.165, 1.54) is 39.0 Å². The Bertz CT molecular complexity index is 249. The van der Waals surface area contributed by atoms with E-state index in [1.807, 2.05) is 0 Å². The van der Waals surface area contributed by atoms with Crippen LogP contribution in [0.5, 0.6) is 0 Å². The zero-order chi connectivity index (χ0) is 11.7. The molecule has 0 radical (unpaired) electrons. The Balaban J connectivity index is 1.43. The van der Waals surface area contributed by atoms with Crippen molar-refractivity contribution in [2.45, 2.75) is 31.3 Å². The van der Waals surface area contributed by atoms with Crippen molar-refractivity contribution in [1.29, 1.82) is 0 Å². The van der Waals surface area contributed by atoms with Gasteiger partial charge in [-0.2, -0.15) is 0 Å². The summed E-state index contributed by atoms with van der Waals surface area (Å²) in [6.45, 7) is 7.82. The van der Waals surface area contributed by atoms with Crippen LogP contribution in [0.2, 0.25) is 0 Å². The van der Waals surface area contributed by atoms with Gasteiger partial charge in [0.05, 0.1) is 6.61 Å². The van der Waals surface area contributed by atoms with Gasteiger partial charge in [0.15, 0.2) is 0 Å². The van der Waals surface area contributed by atoms with Gasteiger partial charge in [0.2, 0.25) is 0 Å². The molecule has 3 fully saturated rings. The highest BCUT2D eigenvalue weighted by Crippen LogP contribution is 2.27. The van der Waals surface area contributed by atoms with Gasteiger partial charge in [0.1, 0.15) is 0 Å². The number of nitrogens with two attached hydrogens (primary N) is 1. The predicted octanol–water partition coefficient (Wildman–Crippen LogP) is 0.130. The van der Waals surface area contributed by atoms with Crippen LogP contribution in [0.15, 0.2) is 0 Å². The van der Waals surface area contributed by atoms with Gasteiger partial charge in [-0.25, -0.2) is 0 Å². The van der Waals surface area contributed by atoms with Crippen molar-refractivity contribution in [2.24, 2.45) is 11.7 Å². The van der Waals surface area contributed by atoms with Crippen molar-refractivity contribution in [3.05, 3.63) is 0 Å². The lowest BCUT2D eigenvalue weighted by atomic mass is 9.96. The molecule has 0 bridgehead atoms. The molecule has 98 valence electrons. The molecule has 0 amide bonds. The van der Waals surface area contributed by atoms with E-state index in [-0.39, 0.29) is 0 Å². The largest absolute Gasteiger partial charge is 0.381 e. The third kappa shape index (κ3) is 2.99. The van der Waals surface area contributed by atoms with Gasteiger partial charge in [-0.1, -0.05) is 0 Å². The standard InChI is InChI=1S/C13H25N3O/c14-13-3-8-17-10-11(13)9-15-4-6-16(7-5-15)12-1-2-12/h11-13H,1-10,14H2. The molecule has 17 heavy (non-hydrogen) atoms. The number of piperazine rings is 1. The minimum atomic E-state index is 0.352. The fourth-order valence-electron chi connectivity index (χ4n) is 3.08. The van der Waals surface area contributed by atoms with Crippen LogP contribution in [-0.4, -0.2) is 67.8 Å². The Labute approximate surface area is 104 Å². The van der Waals surface area contributed by atoms with Crippen LogP contribution in [-0.2, 0) is 4.74 Å². The summed E-state index contributed by atoms with van der Waals surface area (Å²) >= 11 is 0. The molecule has 2 aliphatic heterocycles. The summed E-state index contributed by atoms with van der Waals surface area (Å²) in [7, 11) is 0.